The molecule has 1 aromatic heterocycles. The molecule has 5 nitrogen and oxygen atoms in total. The minimum atomic E-state index is -0.276. The molecule has 5 heteroatoms. The lowest BCUT2D eigenvalue weighted by Crippen LogP contribution is -2.10. The lowest BCUT2D eigenvalue weighted by molar-refractivity contribution is 0.0996. The summed E-state index contributed by atoms with van der Waals surface area (Å²) in [7, 11) is 0. The van der Waals surface area contributed by atoms with E-state index >= 15 is 0 Å². The number of anilines is 3. The number of nitrogens with one attached hydrogen (secondary N) is 2. The first-order chi connectivity index (χ1) is 11.8. The summed E-state index contributed by atoms with van der Waals surface area (Å²) in [6.45, 7) is 2.56. The van der Waals surface area contributed by atoms with Crippen molar-refractivity contribution in [1.82, 2.24) is 0 Å². The number of amides is 1. The molecule has 0 aliphatic rings. The highest BCUT2D eigenvalue weighted by Gasteiger charge is 2.08. The van der Waals surface area contributed by atoms with Gasteiger partial charge in [0.1, 0.15) is 5.75 Å². The van der Waals surface area contributed by atoms with Gasteiger partial charge >= 0.3 is 0 Å². The van der Waals surface area contributed by atoms with Crippen molar-refractivity contribution in [2.75, 3.05) is 17.2 Å². The van der Waals surface area contributed by atoms with Crippen molar-refractivity contribution >= 4 is 23.0 Å². The number of carbonyl (C=O) groups is 1. The molecule has 3 rings (SSSR count). The summed E-state index contributed by atoms with van der Waals surface area (Å²) < 4.78 is 10.7. The Morgan fingerprint density at radius 3 is 2.46 bits per heavy atom. The zero-order chi connectivity index (χ0) is 16.8. The molecule has 1 heterocycles. The van der Waals surface area contributed by atoms with Crippen LogP contribution >= 0.6 is 0 Å². The first kappa shape index (κ1) is 15.7. The third kappa shape index (κ3) is 3.76. The number of rotatable bonds is 6. The fourth-order valence-corrected chi connectivity index (χ4v) is 2.24. The predicted octanol–water partition coefficient (Wildman–Crippen LogP) is 4.67. The second kappa shape index (κ2) is 7.37. The van der Waals surface area contributed by atoms with E-state index in [1.165, 1.54) is 6.26 Å². The summed E-state index contributed by atoms with van der Waals surface area (Å²) in [6, 6.07) is 18.5. The Kier molecular flexibility index (Phi) is 4.81. The van der Waals surface area contributed by atoms with Crippen LogP contribution in [0.3, 0.4) is 0 Å². The van der Waals surface area contributed by atoms with Gasteiger partial charge in [0.15, 0.2) is 5.76 Å². The third-order valence-corrected chi connectivity index (χ3v) is 3.35. The van der Waals surface area contributed by atoms with Crippen LogP contribution < -0.4 is 15.4 Å². The van der Waals surface area contributed by atoms with E-state index in [1.807, 2.05) is 55.5 Å². The molecule has 0 radical (unpaired) electrons. The quantitative estimate of drug-likeness (QED) is 0.692. The molecule has 24 heavy (non-hydrogen) atoms. The highest BCUT2D eigenvalue weighted by atomic mass is 16.5. The first-order valence-electron chi connectivity index (χ1n) is 7.70. The van der Waals surface area contributed by atoms with E-state index in [1.54, 1.807) is 12.1 Å². The van der Waals surface area contributed by atoms with E-state index in [9.17, 15) is 4.79 Å². The number of para-hydroxylation sites is 2. The highest BCUT2D eigenvalue weighted by Crippen LogP contribution is 2.28. The molecule has 122 valence electrons. The predicted molar refractivity (Wildman–Crippen MR) is 94.0 cm³/mol. The Bertz CT molecular complexity index is 796. The fraction of sp³-hybridized carbons (Fsp3) is 0.105. The number of hydrogen-bond acceptors (Lipinski definition) is 4. The standard InChI is InChI=1S/C19H18N2O3/c1-2-23-17-7-4-3-6-16(17)20-14-9-11-15(12-10-14)21-19(22)18-8-5-13-24-18/h3-13,20H,2H2,1H3,(H,21,22). The van der Waals surface area contributed by atoms with Crippen molar-refractivity contribution in [1.29, 1.82) is 0 Å². The Morgan fingerprint density at radius 2 is 1.75 bits per heavy atom. The van der Waals surface area contributed by atoms with Gasteiger partial charge in [-0.15, -0.1) is 0 Å². The van der Waals surface area contributed by atoms with Crippen LogP contribution in [0.4, 0.5) is 17.1 Å². The smallest absolute Gasteiger partial charge is 0.291 e. The van der Waals surface area contributed by atoms with Gasteiger partial charge in [0.05, 0.1) is 18.6 Å². The Labute approximate surface area is 140 Å². The van der Waals surface area contributed by atoms with E-state index in [-0.39, 0.29) is 11.7 Å². The number of carbonyl (C=O) groups excluding carboxylic acids is 1. The van der Waals surface area contributed by atoms with Gasteiger partial charge in [0.25, 0.3) is 5.91 Å². The maximum atomic E-state index is 11.9. The summed E-state index contributed by atoms with van der Waals surface area (Å²) in [5, 5.41) is 6.09. The molecule has 0 saturated heterocycles. The zero-order valence-electron chi connectivity index (χ0n) is 13.3. The van der Waals surface area contributed by atoms with Gasteiger partial charge in [0, 0.05) is 11.4 Å². The topological polar surface area (TPSA) is 63.5 Å². The van der Waals surface area contributed by atoms with Gasteiger partial charge < -0.3 is 19.8 Å². The monoisotopic (exact) mass is 322 g/mol. The Balaban J connectivity index is 1.68. The fourth-order valence-electron chi connectivity index (χ4n) is 2.24. The van der Waals surface area contributed by atoms with Crippen LogP contribution in [-0.4, -0.2) is 12.5 Å². The van der Waals surface area contributed by atoms with Crippen molar-refractivity contribution in [2.45, 2.75) is 6.92 Å². The van der Waals surface area contributed by atoms with Crippen LogP contribution in [0.25, 0.3) is 0 Å². The van der Waals surface area contributed by atoms with Crippen molar-refractivity contribution < 1.29 is 13.9 Å². The number of ether oxygens (including phenoxy) is 1. The van der Waals surface area contributed by atoms with Crippen LogP contribution in [-0.2, 0) is 0 Å². The average Bonchev–Trinajstić information content (AvgIpc) is 3.13. The molecule has 0 fully saturated rings. The van der Waals surface area contributed by atoms with Gasteiger partial charge in [-0.3, -0.25) is 4.79 Å². The number of hydrogen-bond donors (Lipinski definition) is 2. The molecule has 0 unspecified atom stereocenters. The van der Waals surface area contributed by atoms with Gasteiger partial charge in [-0.25, -0.2) is 0 Å². The molecule has 0 bridgehead atoms. The summed E-state index contributed by atoms with van der Waals surface area (Å²) in [6.07, 6.45) is 1.47. The van der Waals surface area contributed by atoms with Crippen LogP contribution in [0.15, 0.2) is 71.3 Å². The first-order valence-corrected chi connectivity index (χ1v) is 7.70. The highest BCUT2D eigenvalue weighted by molar-refractivity contribution is 6.02. The molecule has 2 N–H and O–H groups in total. The molecule has 0 aliphatic heterocycles. The van der Waals surface area contributed by atoms with Gasteiger partial charge in [-0.05, 0) is 55.5 Å². The maximum Gasteiger partial charge on any atom is 0.291 e. The lowest BCUT2D eigenvalue weighted by Gasteiger charge is -2.12. The summed E-state index contributed by atoms with van der Waals surface area (Å²) in [5.74, 6) is 0.806. The average molecular weight is 322 g/mol. The van der Waals surface area contributed by atoms with E-state index < -0.39 is 0 Å². The molecule has 3 aromatic rings. The van der Waals surface area contributed by atoms with Crippen LogP contribution in [0.2, 0.25) is 0 Å². The van der Waals surface area contributed by atoms with Gasteiger partial charge in [-0.2, -0.15) is 0 Å². The molecular weight excluding hydrogens is 304 g/mol. The molecule has 0 spiro atoms. The van der Waals surface area contributed by atoms with Crippen molar-refractivity contribution in [2.24, 2.45) is 0 Å². The minimum absolute atomic E-state index is 0.276. The summed E-state index contributed by atoms with van der Waals surface area (Å²) in [5.41, 5.74) is 2.49. The molecule has 0 atom stereocenters. The minimum Gasteiger partial charge on any atom is -0.492 e. The second-order valence-electron chi connectivity index (χ2n) is 5.06. The molecule has 2 aromatic carbocycles. The van der Waals surface area contributed by atoms with E-state index in [4.69, 9.17) is 9.15 Å². The normalized spacial score (nSPS) is 10.2. The van der Waals surface area contributed by atoms with E-state index in [2.05, 4.69) is 10.6 Å². The van der Waals surface area contributed by atoms with Crippen LogP contribution in [0.1, 0.15) is 17.5 Å². The molecule has 0 saturated carbocycles. The second-order valence-corrected chi connectivity index (χ2v) is 5.06. The van der Waals surface area contributed by atoms with Crippen molar-refractivity contribution in [3.63, 3.8) is 0 Å². The lowest BCUT2D eigenvalue weighted by atomic mass is 10.2. The summed E-state index contributed by atoms with van der Waals surface area (Å²) >= 11 is 0. The van der Waals surface area contributed by atoms with Crippen molar-refractivity contribution in [3.8, 4) is 5.75 Å². The van der Waals surface area contributed by atoms with Gasteiger partial charge in [-0.1, -0.05) is 12.1 Å². The number of benzene rings is 2. The molecule has 1 amide bonds. The van der Waals surface area contributed by atoms with E-state index in [0.717, 1.165) is 17.1 Å². The van der Waals surface area contributed by atoms with Crippen molar-refractivity contribution in [3.05, 3.63) is 72.7 Å². The summed E-state index contributed by atoms with van der Waals surface area (Å²) in [4.78, 5) is 11.9. The maximum absolute atomic E-state index is 11.9. The Morgan fingerprint density at radius 1 is 1.00 bits per heavy atom. The van der Waals surface area contributed by atoms with Gasteiger partial charge in [0.2, 0.25) is 0 Å². The molecular formula is C19H18N2O3. The largest absolute Gasteiger partial charge is 0.492 e. The third-order valence-electron chi connectivity index (χ3n) is 3.35. The van der Waals surface area contributed by atoms with Crippen LogP contribution in [0, 0.1) is 0 Å². The van der Waals surface area contributed by atoms with E-state index in [0.29, 0.717) is 12.3 Å². The number of furan rings is 1. The Hall–Kier alpha value is -3.21. The van der Waals surface area contributed by atoms with Crippen LogP contribution in [0.5, 0.6) is 5.75 Å². The zero-order valence-corrected chi connectivity index (χ0v) is 13.3. The SMILES string of the molecule is CCOc1ccccc1Nc1ccc(NC(=O)c2ccco2)cc1. The molecule has 0 aliphatic carbocycles.